The molecule has 3 nitrogen and oxygen atoms in total. The minimum atomic E-state index is -1.00. The second kappa shape index (κ2) is 7.46. The Morgan fingerprint density at radius 3 is 2.38 bits per heavy atom. The van der Waals surface area contributed by atoms with Crippen molar-refractivity contribution >= 4 is 29.2 Å². The van der Waals surface area contributed by atoms with Gasteiger partial charge in [-0.1, -0.05) is 59.6 Å². The van der Waals surface area contributed by atoms with Crippen molar-refractivity contribution in [1.82, 2.24) is 0 Å². The highest BCUT2D eigenvalue weighted by Gasteiger charge is 2.19. The van der Waals surface area contributed by atoms with Crippen LogP contribution in [0.25, 0.3) is 0 Å². The molecule has 0 saturated carbocycles. The van der Waals surface area contributed by atoms with Crippen LogP contribution in [0.2, 0.25) is 10.0 Å². The third-order valence-electron chi connectivity index (χ3n) is 2.97. The highest BCUT2D eigenvalue weighted by Crippen LogP contribution is 2.23. The number of carboxylic acid groups (broad SMARTS) is 1. The maximum Gasteiger partial charge on any atom is 0.333 e. The number of hydrogen-bond acceptors (Lipinski definition) is 2. The van der Waals surface area contributed by atoms with Crippen LogP contribution in [0.15, 0.2) is 48.5 Å². The first-order valence-corrected chi connectivity index (χ1v) is 7.14. The van der Waals surface area contributed by atoms with E-state index in [1.807, 2.05) is 30.3 Å². The van der Waals surface area contributed by atoms with Crippen LogP contribution in [0.3, 0.4) is 0 Å². The molecule has 21 heavy (non-hydrogen) atoms. The summed E-state index contributed by atoms with van der Waals surface area (Å²) >= 11 is 11.8. The quantitative estimate of drug-likeness (QED) is 0.865. The van der Waals surface area contributed by atoms with Gasteiger partial charge in [-0.15, -0.1) is 0 Å². The molecular formula is C16H14Cl2O3. The van der Waals surface area contributed by atoms with Crippen LogP contribution in [0.1, 0.15) is 11.1 Å². The summed E-state index contributed by atoms with van der Waals surface area (Å²) in [4.78, 5) is 11.3. The van der Waals surface area contributed by atoms with Crippen molar-refractivity contribution in [3.05, 3.63) is 69.7 Å². The maximum absolute atomic E-state index is 11.3. The molecule has 2 aromatic carbocycles. The average Bonchev–Trinajstić information content (AvgIpc) is 2.48. The zero-order valence-corrected chi connectivity index (χ0v) is 12.6. The lowest BCUT2D eigenvalue weighted by Gasteiger charge is -2.14. The summed E-state index contributed by atoms with van der Waals surface area (Å²) in [6.07, 6.45) is -0.693. The Kier molecular flexibility index (Phi) is 5.62. The van der Waals surface area contributed by atoms with Crippen LogP contribution in [0.5, 0.6) is 0 Å². The van der Waals surface area contributed by atoms with Crippen LogP contribution in [-0.2, 0) is 22.6 Å². The molecule has 0 aliphatic carbocycles. The Morgan fingerprint density at radius 1 is 1.05 bits per heavy atom. The normalized spacial score (nSPS) is 12.1. The number of halogens is 2. The molecule has 0 radical (unpaired) electrons. The average molecular weight is 325 g/mol. The molecule has 0 heterocycles. The number of carboxylic acids is 1. The van der Waals surface area contributed by atoms with E-state index in [2.05, 4.69) is 0 Å². The van der Waals surface area contributed by atoms with Gasteiger partial charge in [0.15, 0.2) is 6.10 Å². The third kappa shape index (κ3) is 4.74. The van der Waals surface area contributed by atoms with Gasteiger partial charge < -0.3 is 9.84 Å². The Labute approximate surface area is 133 Å². The first kappa shape index (κ1) is 15.8. The molecule has 0 aromatic heterocycles. The molecular weight excluding hydrogens is 311 g/mol. The van der Waals surface area contributed by atoms with Gasteiger partial charge in [-0.3, -0.25) is 0 Å². The summed E-state index contributed by atoms with van der Waals surface area (Å²) in [6.45, 7) is 0.249. The van der Waals surface area contributed by atoms with Gasteiger partial charge in [-0.25, -0.2) is 4.79 Å². The lowest BCUT2D eigenvalue weighted by molar-refractivity contribution is -0.151. The molecule has 0 amide bonds. The second-order valence-corrected chi connectivity index (χ2v) is 5.39. The molecule has 0 bridgehead atoms. The van der Waals surface area contributed by atoms with Crippen molar-refractivity contribution in [2.75, 3.05) is 0 Å². The van der Waals surface area contributed by atoms with Crippen molar-refractivity contribution in [3.63, 3.8) is 0 Å². The van der Waals surface area contributed by atoms with Crippen molar-refractivity contribution < 1.29 is 14.6 Å². The van der Waals surface area contributed by atoms with Crippen LogP contribution < -0.4 is 0 Å². The van der Waals surface area contributed by atoms with Gasteiger partial charge in [-0.2, -0.15) is 0 Å². The number of hydrogen-bond donors (Lipinski definition) is 1. The van der Waals surface area contributed by atoms with Crippen LogP contribution >= 0.6 is 23.2 Å². The van der Waals surface area contributed by atoms with Crippen LogP contribution in [0.4, 0.5) is 0 Å². The third-order valence-corrected chi connectivity index (χ3v) is 3.71. The SMILES string of the molecule is O=C(O)[C@H](Cc1ccc(Cl)c(Cl)c1)OCc1ccccc1. The number of ether oxygens (including phenoxy) is 1. The second-order valence-electron chi connectivity index (χ2n) is 4.58. The Balaban J connectivity index is 2.02. The molecule has 0 spiro atoms. The first-order chi connectivity index (χ1) is 10.1. The predicted molar refractivity (Wildman–Crippen MR) is 82.8 cm³/mol. The zero-order valence-electron chi connectivity index (χ0n) is 11.1. The number of benzene rings is 2. The molecule has 2 rings (SSSR count). The molecule has 0 saturated heterocycles. The molecule has 2 aromatic rings. The maximum atomic E-state index is 11.3. The molecule has 0 aliphatic rings. The fourth-order valence-corrected chi connectivity index (χ4v) is 2.19. The van der Waals surface area contributed by atoms with Gasteiger partial charge in [0.1, 0.15) is 0 Å². The van der Waals surface area contributed by atoms with E-state index in [-0.39, 0.29) is 13.0 Å². The van der Waals surface area contributed by atoms with Gasteiger partial charge in [-0.05, 0) is 23.3 Å². The number of carbonyl (C=O) groups is 1. The highest BCUT2D eigenvalue weighted by molar-refractivity contribution is 6.42. The predicted octanol–water partition coefficient (Wildman–Crippen LogP) is 4.21. The van der Waals surface area contributed by atoms with Crippen molar-refractivity contribution in [2.45, 2.75) is 19.1 Å². The monoisotopic (exact) mass is 324 g/mol. The van der Waals surface area contributed by atoms with Gasteiger partial charge >= 0.3 is 5.97 Å². The Bertz CT molecular complexity index is 614. The van der Waals surface area contributed by atoms with Crippen LogP contribution in [-0.4, -0.2) is 17.2 Å². The Morgan fingerprint density at radius 2 is 1.76 bits per heavy atom. The van der Waals surface area contributed by atoms with Crippen molar-refractivity contribution in [1.29, 1.82) is 0 Å². The number of rotatable bonds is 6. The first-order valence-electron chi connectivity index (χ1n) is 6.38. The Hall–Kier alpha value is -1.55. The molecule has 5 heteroatoms. The van der Waals surface area contributed by atoms with Gasteiger partial charge in [0.25, 0.3) is 0 Å². The van der Waals surface area contributed by atoms with Gasteiger partial charge in [0, 0.05) is 6.42 Å². The fraction of sp³-hybridized carbons (Fsp3) is 0.188. The molecule has 1 N–H and O–H groups in total. The highest BCUT2D eigenvalue weighted by atomic mass is 35.5. The number of aliphatic carboxylic acids is 1. The fourth-order valence-electron chi connectivity index (χ4n) is 1.87. The van der Waals surface area contributed by atoms with E-state index >= 15 is 0 Å². The molecule has 0 unspecified atom stereocenters. The lowest BCUT2D eigenvalue weighted by Crippen LogP contribution is -2.26. The minimum absolute atomic E-state index is 0.235. The van der Waals surface area contributed by atoms with E-state index < -0.39 is 12.1 Å². The molecule has 110 valence electrons. The van der Waals surface area contributed by atoms with Gasteiger partial charge in [0.05, 0.1) is 16.7 Å². The summed E-state index contributed by atoms with van der Waals surface area (Å²) in [5.41, 5.74) is 1.70. The van der Waals surface area contributed by atoms with E-state index in [1.54, 1.807) is 18.2 Å². The van der Waals surface area contributed by atoms with Gasteiger partial charge in [0.2, 0.25) is 0 Å². The van der Waals surface area contributed by atoms with E-state index in [4.69, 9.17) is 27.9 Å². The van der Waals surface area contributed by atoms with E-state index in [0.29, 0.717) is 10.0 Å². The summed E-state index contributed by atoms with van der Waals surface area (Å²) in [5, 5.41) is 10.1. The largest absolute Gasteiger partial charge is 0.479 e. The zero-order chi connectivity index (χ0) is 15.2. The summed E-state index contributed by atoms with van der Waals surface area (Å²) in [5.74, 6) is -1.00. The van der Waals surface area contributed by atoms with E-state index in [1.165, 1.54) is 0 Å². The van der Waals surface area contributed by atoms with Crippen LogP contribution in [0, 0.1) is 0 Å². The summed E-state index contributed by atoms with van der Waals surface area (Å²) in [7, 11) is 0. The topological polar surface area (TPSA) is 46.5 Å². The van der Waals surface area contributed by atoms with Crippen molar-refractivity contribution in [3.8, 4) is 0 Å². The van der Waals surface area contributed by atoms with E-state index in [0.717, 1.165) is 11.1 Å². The molecule has 0 aliphatic heterocycles. The van der Waals surface area contributed by atoms with Crippen molar-refractivity contribution in [2.24, 2.45) is 0 Å². The summed E-state index contributed by atoms with van der Waals surface area (Å²) in [6, 6.07) is 14.5. The standard InChI is InChI=1S/C16H14Cl2O3/c17-13-7-6-12(8-14(13)18)9-15(16(19)20)21-10-11-4-2-1-3-5-11/h1-8,15H,9-10H2,(H,19,20)/t15-/m0/s1. The summed E-state index contributed by atoms with van der Waals surface area (Å²) < 4.78 is 5.49. The molecule has 0 fully saturated rings. The molecule has 1 atom stereocenters. The smallest absolute Gasteiger partial charge is 0.333 e. The van der Waals surface area contributed by atoms with E-state index in [9.17, 15) is 9.90 Å². The lowest BCUT2D eigenvalue weighted by atomic mass is 10.1. The minimum Gasteiger partial charge on any atom is -0.479 e.